The van der Waals surface area contributed by atoms with Crippen molar-refractivity contribution in [2.24, 2.45) is 0 Å². The zero-order chi connectivity index (χ0) is 28.2. The summed E-state index contributed by atoms with van der Waals surface area (Å²) in [6, 6.07) is 7.37. The van der Waals surface area contributed by atoms with E-state index in [1.165, 1.54) is 31.6 Å². The van der Waals surface area contributed by atoms with Gasteiger partial charge >= 0.3 is 6.29 Å². The van der Waals surface area contributed by atoms with E-state index in [2.05, 4.69) is 24.8 Å². The average Bonchev–Trinajstić information content (AvgIpc) is 3.45. The van der Waals surface area contributed by atoms with Gasteiger partial charge in [0.15, 0.2) is 11.5 Å². The summed E-state index contributed by atoms with van der Waals surface area (Å²) in [6.07, 6.45) is -2.48. The van der Waals surface area contributed by atoms with Crippen LogP contribution < -0.4 is 29.0 Å². The van der Waals surface area contributed by atoms with Crippen molar-refractivity contribution >= 4 is 5.91 Å². The van der Waals surface area contributed by atoms with Gasteiger partial charge in [0.05, 0.1) is 43.5 Å². The van der Waals surface area contributed by atoms with E-state index in [1.807, 2.05) is 0 Å². The summed E-state index contributed by atoms with van der Waals surface area (Å²) in [6.45, 7) is 1.15. The van der Waals surface area contributed by atoms with E-state index in [0.717, 1.165) is 0 Å². The number of benzene rings is 2. The maximum Gasteiger partial charge on any atom is 0.586 e. The predicted molar refractivity (Wildman–Crippen MR) is 131 cm³/mol. The van der Waals surface area contributed by atoms with E-state index in [0.29, 0.717) is 34.7 Å². The summed E-state index contributed by atoms with van der Waals surface area (Å²) in [5.41, 5.74) is 0.552. The lowest BCUT2D eigenvalue weighted by molar-refractivity contribution is -0.286. The zero-order valence-electron chi connectivity index (χ0n) is 21.4. The largest absolute Gasteiger partial charge is 0.586 e. The third-order valence-electron chi connectivity index (χ3n) is 7.27. The van der Waals surface area contributed by atoms with E-state index in [1.54, 1.807) is 25.1 Å². The molecule has 2 aromatic carbocycles. The van der Waals surface area contributed by atoms with Gasteiger partial charge in [0.25, 0.3) is 0 Å². The van der Waals surface area contributed by atoms with Crippen LogP contribution in [0.25, 0.3) is 0 Å². The van der Waals surface area contributed by atoms with Gasteiger partial charge in [-0.05, 0) is 25.1 Å². The van der Waals surface area contributed by atoms with E-state index in [-0.39, 0.29) is 29.5 Å². The summed E-state index contributed by atoms with van der Waals surface area (Å²) in [5.74, 6) is 0.549. The maximum atomic E-state index is 13.8. The zero-order valence-corrected chi connectivity index (χ0v) is 21.4. The Morgan fingerprint density at radius 2 is 1.93 bits per heavy atom. The van der Waals surface area contributed by atoms with E-state index < -0.39 is 42.5 Å². The molecule has 0 unspecified atom stereocenters. The van der Waals surface area contributed by atoms with Crippen LogP contribution in [-0.4, -0.2) is 52.7 Å². The molecule has 3 aliphatic rings. The molecule has 4 heterocycles. The Bertz CT molecular complexity index is 1470. The molecule has 0 fully saturated rings. The maximum absolute atomic E-state index is 13.8. The van der Waals surface area contributed by atoms with Gasteiger partial charge in [-0.1, -0.05) is 0 Å². The van der Waals surface area contributed by atoms with Crippen molar-refractivity contribution in [2.45, 2.75) is 43.3 Å². The number of halogens is 2. The van der Waals surface area contributed by atoms with E-state index in [4.69, 9.17) is 14.2 Å². The number of ether oxygens (including phenoxy) is 5. The number of methoxy groups -OCH3 is 1. The SMILES string of the molecule is COc1ccc2c(c1)O[C@@H](c1cnc([C@H](O)CO)cn1)C[C@H]2NC(=O)[C@@]1(C)COc2cc3c(cc21)OC(F)(F)O3. The minimum Gasteiger partial charge on any atom is -0.497 e. The lowest BCUT2D eigenvalue weighted by atomic mass is 9.82. The molecule has 13 heteroatoms. The van der Waals surface area contributed by atoms with Gasteiger partial charge in [-0.15, -0.1) is 8.78 Å². The third kappa shape index (κ3) is 4.40. The molecular weight excluding hydrogens is 532 g/mol. The number of nitrogens with one attached hydrogen (secondary N) is 1. The summed E-state index contributed by atoms with van der Waals surface area (Å²) >= 11 is 0. The standard InChI is InChI=1S/C27H25F2N3O8/c1-26(12-37-21-8-24-23(6-15(21)26)39-27(28,29)40-24)25(35)32-16-7-22(18-10-30-17(9-31-18)19(34)11-33)38-20-5-13(36-2)3-4-14(16)20/h3-6,8-10,16,19,22,33-34H,7,11-12H2,1-2H3,(H,32,35)/t16-,19-,22-,26+/m1/s1. The number of carbonyl (C=O) groups is 1. The fraction of sp³-hybridized carbons (Fsp3) is 0.370. The Balaban J connectivity index is 1.29. The highest BCUT2D eigenvalue weighted by Crippen LogP contribution is 2.50. The van der Waals surface area contributed by atoms with Crippen LogP contribution >= 0.6 is 0 Å². The first-order chi connectivity index (χ1) is 19.1. The van der Waals surface area contributed by atoms with Crippen molar-refractivity contribution in [3.8, 4) is 28.7 Å². The molecule has 3 N–H and O–H groups in total. The molecule has 11 nitrogen and oxygen atoms in total. The second-order valence-electron chi connectivity index (χ2n) is 9.92. The van der Waals surface area contributed by atoms with Crippen molar-refractivity contribution < 1.29 is 47.5 Å². The quantitative estimate of drug-likeness (QED) is 0.414. The van der Waals surface area contributed by atoms with E-state index in [9.17, 15) is 23.8 Å². The molecule has 0 spiro atoms. The van der Waals surface area contributed by atoms with Crippen LogP contribution in [0.3, 0.4) is 0 Å². The summed E-state index contributed by atoms with van der Waals surface area (Å²) in [4.78, 5) is 22.3. The molecule has 1 aromatic heterocycles. The molecule has 0 saturated carbocycles. The number of fused-ring (bicyclic) bond motifs is 3. The molecule has 1 amide bonds. The van der Waals surface area contributed by atoms with Crippen molar-refractivity contribution in [2.75, 3.05) is 20.3 Å². The number of rotatable bonds is 6. The van der Waals surface area contributed by atoms with Gasteiger partial charge in [-0.3, -0.25) is 14.8 Å². The Labute approximate surface area is 226 Å². The number of hydrogen-bond donors (Lipinski definition) is 3. The number of amides is 1. The van der Waals surface area contributed by atoms with Crippen LogP contribution in [-0.2, 0) is 10.2 Å². The van der Waals surface area contributed by atoms with Crippen LogP contribution in [0.1, 0.15) is 54.1 Å². The fourth-order valence-electron chi connectivity index (χ4n) is 5.01. The van der Waals surface area contributed by atoms with Crippen LogP contribution in [0.15, 0.2) is 42.7 Å². The van der Waals surface area contributed by atoms with Crippen molar-refractivity contribution in [1.82, 2.24) is 15.3 Å². The first-order valence-corrected chi connectivity index (χ1v) is 12.4. The van der Waals surface area contributed by atoms with Crippen molar-refractivity contribution in [3.05, 3.63) is 65.2 Å². The lowest BCUT2D eigenvalue weighted by Gasteiger charge is -2.34. The van der Waals surface area contributed by atoms with Gasteiger partial charge in [0, 0.05) is 29.7 Å². The minimum absolute atomic E-state index is 0.0182. The highest BCUT2D eigenvalue weighted by atomic mass is 19.3. The molecule has 0 saturated heterocycles. The number of carbonyl (C=O) groups excluding carboxylic acids is 1. The number of alkyl halides is 2. The molecule has 40 heavy (non-hydrogen) atoms. The lowest BCUT2D eigenvalue weighted by Crippen LogP contribution is -2.46. The molecular formula is C27H25F2N3O8. The van der Waals surface area contributed by atoms with Gasteiger partial charge in [0.1, 0.15) is 41.5 Å². The van der Waals surface area contributed by atoms with E-state index >= 15 is 0 Å². The Morgan fingerprint density at radius 1 is 1.15 bits per heavy atom. The van der Waals surface area contributed by atoms with Crippen LogP contribution in [0.5, 0.6) is 28.7 Å². The van der Waals surface area contributed by atoms with Crippen LogP contribution in [0, 0.1) is 0 Å². The monoisotopic (exact) mass is 557 g/mol. The fourth-order valence-corrected chi connectivity index (χ4v) is 5.01. The Morgan fingerprint density at radius 3 is 2.62 bits per heavy atom. The number of aliphatic hydroxyl groups excluding tert-OH is 2. The molecule has 6 rings (SSSR count). The van der Waals surface area contributed by atoms with Crippen molar-refractivity contribution in [3.63, 3.8) is 0 Å². The van der Waals surface area contributed by atoms with Crippen molar-refractivity contribution in [1.29, 1.82) is 0 Å². The second-order valence-corrected chi connectivity index (χ2v) is 9.92. The molecule has 3 aliphatic heterocycles. The van der Waals surface area contributed by atoms with Crippen LogP contribution in [0.2, 0.25) is 0 Å². The second kappa shape index (κ2) is 9.45. The highest BCUT2D eigenvalue weighted by Gasteiger charge is 2.49. The molecule has 0 aliphatic carbocycles. The number of hydrogen-bond acceptors (Lipinski definition) is 10. The molecule has 210 valence electrons. The normalized spacial score (nSPS) is 24.2. The summed E-state index contributed by atoms with van der Waals surface area (Å²) < 4.78 is 53.6. The topological polar surface area (TPSA) is 141 Å². The van der Waals surface area contributed by atoms with Crippen LogP contribution in [0.4, 0.5) is 8.78 Å². The van der Waals surface area contributed by atoms with Gasteiger partial charge in [-0.25, -0.2) is 0 Å². The number of nitrogens with zero attached hydrogens (tertiary/aromatic N) is 2. The Hall–Kier alpha value is -4.23. The average molecular weight is 558 g/mol. The highest BCUT2D eigenvalue weighted by molar-refractivity contribution is 5.90. The van der Waals surface area contributed by atoms with Gasteiger partial charge in [-0.2, -0.15) is 0 Å². The van der Waals surface area contributed by atoms with Gasteiger partial charge in [0.2, 0.25) is 5.91 Å². The first-order valence-electron chi connectivity index (χ1n) is 12.4. The minimum atomic E-state index is -3.80. The third-order valence-corrected chi connectivity index (χ3v) is 7.27. The number of aromatic nitrogens is 2. The predicted octanol–water partition coefficient (Wildman–Crippen LogP) is 2.86. The first kappa shape index (κ1) is 26.0. The molecule has 0 bridgehead atoms. The molecule has 3 aromatic rings. The molecule has 4 atom stereocenters. The van der Waals surface area contributed by atoms with Gasteiger partial charge < -0.3 is 39.2 Å². The molecule has 0 radical (unpaired) electrons. The smallest absolute Gasteiger partial charge is 0.497 e. The summed E-state index contributed by atoms with van der Waals surface area (Å²) in [7, 11) is 1.53. The number of aliphatic hydroxyl groups is 2. The summed E-state index contributed by atoms with van der Waals surface area (Å²) in [5, 5.41) is 22.1. The Kier molecular flexibility index (Phi) is 6.15.